The highest BCUT2D eigenvalue weighted by atomic mass is 16.2. The highest BCUT2D eigenvalue weighted by Crippen LogP contribution is 1.91. The molecule has 0 aliphatic carbocycles. The summed E-state index contributed by atoms with van der Waals surface area (Å²) in [4.78, 5) is 20.4. The van der Waals surface area contributed by atoms with E-state index >= 15 is 0 Å². The van der Waals surface area contributed by atoms with E-state index in [9.17, 15) is 9.59 Å². The molecule has 0 aliphatic heterocycles. The minimum atomic E-state index is -0.540. The average Bonchev–Trinajstić information content (AvgIpc) is 2.02. The lowest BCUT2D eigenvalue weighted by molar-refractivity contribution is -0.130. The Kier molecular flexibility index (Phi) is 4.60. The van der Waals surface area contributed by atoms with Gasteiger partial charge >= 0.3 is 0 Å². The first-order chi connectivity index (χ1) is 5.11. The van der Waals surface area contributed by atoms with Crippen molar-refractivity contribution in [2.75, 3.05) is 6.54 Å². The van der Waals surface area contributed by atoms with Gasteiger partial charge in [-0.05, 0) is 0 Å². The molecule has 0 saturated heterocycles. The van der Waals surface area contributed by atoms with E-state index in [1.165, 1.54) is 0 Å². The maximum atomic E-state index is 10.5. The molecule has 0 aromatic heterocycles. The third-order valence-corrected chi connectivity index (χ3v) is 1.39. The van der Waals surface area contributed by atoms with Crippen LogP contribution in [0.5, 0.6) is 0 Å². The molecule has 6 N–H and O–H groups in total. The number of Topliss-reactive ketones (excluding diaryl/α,β-unsaturated/α-hetero) is 1. The first-order valence-electron chi connectivity index (χ1n) is 3.31. The van der Waals surface area contributed by atoms with E-state index < -0.39 is 17.9 Å². The fourth-order valence-electron chi connectivity index (χ4n) is 0.607. The van der Waals surface area contributed by atoms with Gasteiger partial charge in [0, 0.05) is 25.0 Å². The molecule has 2 atom stereocenters. The predicted molar refractivity (Wildman–Crippen MR) is 40.7 cm³/mol. The minimum absolute atomic E-state index is 0.0259. The predicted octanol–water partition coefficient (Wildman–Crippen LogP) is -2.24. The summed E-state index contributed by atoms with van der Waals surface area (Å²) >= 11 is 0. The Morgan fingerprint density at radius 2 is 1.91 bits per heavy atom. The molecule has 0 saturated carbocycles. The molecule has 0 rings (SSSR count). The van der Waals surface area contributed by atoms with Crippen molar-refractivity contribution < 1.29 is 9.59 Å². The highest BCUT2D eigenvalue weighted by Gasteiger charge is 2.14. The van der Waals surface area contributed by atoms with E-state index in [4.69, 9.17) is 17.2 Å². The second-order valence-corrected chi connectivity index (χ2v) is 2.35. The summed E-state index contributed by atoms with van der Waals surface area (Å²) in [5, 5.41) is 0. The van der Waals surface area contributed by atoms with Crippen LogP contribution in [0.25, 0.3) is 0 Å². The molecule has 0 heterocycles. The van der Waals surface area contributed by atoms with Crippen molar-refractivity contribution in [3.63, 3.8) is 0 Å². The van der Waals surface area contributed by atoms with Crippen molar-refractivity contribution in [1.29, 1.82) is 0 Å². The van der Waals surface area contributed by atoms with Crippen LogP contribution in [-0.2, 0) is 9.59 Å². The number of carbonyl (C=O) groups excluding carboxylic acids is 2. The Labute approximate surface area is 64.9 Å². The van der Waals surface area contributed by atoms with Gasteiger partial charge in [0.1, 0.15) is 0 Å². The second-order valence-electron chi connectivity index (χ2n) is 2.35. The zero-order chi connectivity index (χ0) is 8.85. The first kappa shape index (κ1) is 10.2. The quantitative estimate of drug-likeness (QED) is 0.310. The van der Waals surface area contributed by atoms with Crippen LogP contribution in [0.2, 0.25) is 0 Å². The van der Waals surface area contributed by atoms with Gasteiger partial charge in [-0.2, -0.15) is 0 Å². The van der Waals surface area contributed by atoms with E-state index in [1.54, 1.807) is 0 Å². The van der Waals surface area contributed by atoms with Gasteiger partial charge in [-0.15, -0.1) is 0 Å². The van der Waals surface area contributed by atoms with Crippen molar-refractivity contribution >= 4 is 12.1 Å². The average molecular weight is 159 g/mol. The standard InChI is InChI=1S/C6H13N3O2/c7-2-6(9)5(8)1-4(11)3-10/h3,5-6H,1-2,7-9H2. The van der Waals surface area contributed by atoms with Gasteiger partial charge in [0.2, 0.25) is 0 Å². The summed E-state index contributed by atoms with van der Waals surface area (Å²) in [6, 6.07) is -0.934. The van der Waals surface area contributed by atoms with Crippen LogP contribution in [0.3, 0.4) is 0 Å². The summed E-state index contributed by atoms with van der Waals surface area (Å²) in [7, 11) is 0. The molecule has 11 heavy (non-hydrogen) atoms. The monoisotopic (exact) mass is 159 g/mol. The van der Waals surface area contributed by atoms with E-state index in [2.05, 4.69) is 0 Å². The first-order valence-corrected chi connectivity index (χ1v) is 3.31. The van der Waals surface area contributed by atoms with Gasteiger partial charge in [-0.1, -0.05) is 0 Å². The number of hydrogen-bond acceptors (Lipinski definition) is 5. The molecule has 0 aromatic rings. The Hall–Kier alpha value is -0.780. The van der Waals surface area contributed by atoms with E-state index in [0.29, 0.717) is 0 Å². The molecule has 0 aromatic carbocycles. The number of rotatable bonds is 5. The SMILES string of the molecule is NCC(N)C(N)CC(=O)C=O. The van der Waals surface area contributed by atoms with Crippen LogP contribution < -0.4 is 17.2 Å². The molecule has 2 unspecified atom stereocenters. The van der Waals surface area contributed by atoms with Crippen molar-refractivity contribution in [1.82, 2.24) is 0 Å². The zero-order valence-electron chi connectivity index (χ0n) is 6.19. The molecule has 0 radical (unpaired) electrons. The third kappa shape index (κ3) is 3.82. The molecule has 0 spiro atoms. The number of aldehydes is 1. The van der Waals surface area contributed by atoms with Crippen molar-refractivity contribution in [2.24, 2.45) is 17.2 Å². The van der Waals surface area contributed by atoms with Crippen molar-refractivity contribution in [2.45, 2.75) is 18.5 Å². The smallest absolute Gasteiger partial charge is 0.196 e. The number of nitrogens with two attached hydrogens (primary N) is 3. The Morgan fingerprint density at radius 3 is 2.27 bits per heavy atom. The maximum absolute atomic E-state index is 10.5. The van der Waals surface area contributed by atoms with Crippen LogP contribution >= 0.6 is 0 Å². The highest BCUT2D eigenvalue weighted by molar-refractivity contribution is 6.25. The molecule has 0 bridgehead atoms. The van der Waals surface area contributed by atoms with Crippen LogP contribution in [-0.4, -0.2) is 30.7 Å². The Bertz CT molecular complexity index is 149. The van der Waals surface area contributed by atoms with Gasteiger partial charge < -0.3 is 17.2 Å². The molecular weight excluding hydrogens is 146 g/mol. The lowest BCUT2D eigenvalue weighted by Gasteiger charge is -2.15. The summed E-state index contributed by atoms with van der Waals surface area (Å²) in [6.45, 7) is 0.216. The van der Waals surface area contributed by atoms with Crippen molar-refractivity contribution in [3.8, 4) is 0 Å². The normalized spacial score (nSPS) is 15.5. The second kappa shape index (κ2) is 4.95. The fraction of sp³-hybridized carbons (Fsp3) is 0.667. The lowest BCUT2D eigenvalue weighted by Crippen LogP contribution is -2.47. The van der Waals surface area contributed by atoms with Gasteiger partial charge in [-0.3, -0.25) is 9.59 Å². The Morgan fingerprint density at radius 1 is 1.36 bits per heavy atom. The van der Waals surface area contributed by atoms with Gasteiger partial charge in [0.15, 0.2) is 12.1 Å². The fourth-order valence-corrected chi connectivity index (χ4v) is 0.607. The summed E-state index contributed by atoms with van der Waals surface area (Å²) in [5.74, 6) is -0.540. The van der Waals surface area contributed by atoms with Gasteiger partial charge in [0.25, 0.3) is 0 Å². The number of carbonyl (C=O) groups is 2. The number of hydrogen-bond donors (Lipinski definition) is 3. The van der Waals surface area contributed by atoms with Crippen LogP contribution in [0.15, 0.2) is 0 Å². The van der Waals surface area contributed by atoms with Crippen LogP contribution in [0.4, 0.5) is 0 Å². The van der Waals surface area contributed by atoms with E-state index in [0.717, 1.165) is 0 Å². The molecule has 0 amide bonds. The summed E-state index contributed by atoms with van der Waals surface area (Å²) in [6.07, 6.45) is 0.213. The maximum Gasteiger partial charge on any atom is 0.196 e. The zero-order valence-corrected chi connectivity index (χ0v) is 6.19. The molecule has 5 heteroatoms. The largest absolute Gasteiger partial charge is 0.329 e. The molecular formula is C6H13N3O2. The Balaban J connectivity index is 3.76. The molecule has 0 fully saturated rings. The molecule has 0 aliphatic rings. The number of ketones is 1. The van der Waals surface area contributed by atoms with E-state index in [1.807, 2.05) is 0 Å². The van der Waals surface area contributed by atoms with Crippen LogP contribution in [0, 0.1) is 0 Å². The molecule has 5 nitrogen and oxygen atoms in total. The summed E-state index contributed by atoms with van der Waals surface area (Å²) < 4.78 is 0. The third-order valence-electron chi connectivity index (χ3n) is 1.39. The molecule has 64 valence electrons. The topological polar surface area (TPSA) is 112 Å². The van der Waals surface area contributed by atoms with E-state index in [-0.39, 0.29) is 19.3 Å². The van der Waals surface area contributed by atoms with Gasteiger partial charge in [-0.25, -0.2) is 0 Å². The van der Waals surface area contributed by atoms with Gasteiger partial charge in [0.05, 0.1) is 0 Å². The van der Waals surface area contributed by atoms with Crippen LogP contribution in [0.1, 0.15) is 6.42 Å². The summed E-state index contributed by atoms with van der Waals surface area (Å²) in [5.41, 5.74) is 16.0. The minimum Gasteiger partial charge on any atom is -0.329 e. The van der Waals surface area contributed by atoms with Crippen molar-refractivity contribution in [3.05, 3.63) is 0 Å². The lowest BCUT2D eigenvalue weighted by atomic mass is 10.0.